The average Bonchev–Trinajstić information content (AvgIpc) is 3.28. The Morgan fingerprint density at radius 2 is 1.67 bits per heavy atom. The normalized spacial score (nSPS) is 19.0. The molecule has 0 amide bonds. The number of allylic oxidation sites excluding steroid dienone is 2. The number of hydrogen-bond donors (Lipinski definition) is 1. The summed E-state index contributed by atoms with van der Waals surface area (Å²) in [4.78, 5) is 4.76. The molecule has 4 rings (SSSR count). The predicted octanol–water partition coefficient (Wildman–Crippen LogP) is 4.00. The Hall–Kier alpha value is -2.18. The van der Waals surface area contributed by atoms with Crippen molar-refractivity contribution < 1.29 is 13.2 Å². The van der Waals surface area contributed by atoms with Crippen molar-refractivity contribution in [2.45, 2.75) is 43.4 Å². The zero-order chi connectivity index (χ0) is 19.1. The van der Waals surface area contributed by atoms with Gasteiger partial charge in [0.05, 0.1) is 23.9 Å². The van der Waals surface area contributed by atoms with Crippen molar-refractivity contribution in [1.29, 1.82) is 0 Å². The summed E-state index contributed by atoms with van der Waals surface area (Å²) in [6.45, 7) is 0. The number of methoxy groups -OCH3 is 1. The van der Waals surface area contributed by atoms with Crippen LogP contribution < -0.4 is 9.88 Å². The van der Waals surface area contributed by atoms with Crippen LogP contribution in [-0.4, -0.2) is 20.5 Å². The molecule has 1 saturated carbocycles. The zero-order valence-corrected chi connectivity index (χ0v) is 16.3. The Morgan fingerprint density at radius 1 is 1.00 bits per heavy atom. The molecule has 1 heterocycles. The number of nitrogens with two attached hydrogens (primary N) is 1. The lowest BCUT2D eigenvalue weighted by Crippen LogP contribution is -2.12. The maximum absolute atomic E-state index is 11.6. The molecule has 5 nitrogen and oxygen atoms in total. The highest BCUT2D eigenvalue weighted by molar-refractivity contribution is 7.89. The fourth-order valence-electron chi connectivity index (χ4n) is 4.55. The van der Waals surface area contributed by atoms with E-state index in [-0.39, 0.29) is 4.90 Å². The van der Waals surface area contributed by atoms with Crippen molar-refractivity contribution in [3.8, 4) is 5.75 Å². The summed E-state index contributed by atoms with van der Waals surface area (Å²) in [5.41, 5.74) is 4.90. The summed E-state index contributed by atoms with van der Waals surface area (Å²) in [6, 6.07) is 10.9. The maximum Gasteiger partial charge on any atom is 0.238 e. The topological polar surface area (TPSA) is 82.3 Å². The Kier molecular flexibility index (Phi) is 4.56. The third-order valence-corrected chi connectivity index (χ3v) is 6.87. The molecule has 0 atom stereocenters. The second-order valence-electron chi connectivity index (χ2n) is 7.67. The van der Waals surface area contributed by atoms with Crippen LogP contribution in [0.15, 0.2) is 47.5 Å². The molecule has 0 unspecified atom stereocenters. The third-order valence-electron chi connectivity index (χ3n) is 5.94. The number of hydrogen-bond acceptors (Lipinski definition) is 4. The van der Waals surface area contributed by atoms with Crippen LogP contribution in [0.3, 0.4) is 0 Å². The van der Waals surface area contributed by atoms with E-state index in [4.69, 9.17) is 9.88 Å². The van der Waals surface area contributed by atoms with Crippen molar-refractivity contribution in [2.24, 2.45) is 10.6 Å². The Balaban J connectivity index is 1.76. The molecular weight excluding hydrogens is 360 g/mol. The highest BCUT2D eigenvalue weighted by Gasteiger charge is 2.41. The van der Waals surface area contributed by atoms with Gasteiger partial charge >= 0.3 is 0 Å². The first-order valence-electron chi connectivity index (χ1n) is 9.26. The second kappa shape index (κ2) is 6.77. The van der Waals surface area contributed by atoms with Crippen LogP contribution >= 0.6 is 0 Å². The first kappa shape index (κ1) is 18.2. The van der Waals surface area contributed by atoms with Crippen LogP contribution in [-0.2, 0) is 10.0 Å². The Bertz CT molecular complexity index is 971. The smallest absolute Gasteiger partial charge is 0.238 e. The first-order chi connectivity index (χ1) is 12.9. The number of ether oxygens (including phenoxy) is 1. The maximum atomic E-state index is 11.6. The van der Waals surface area contributed by atoms with E-state index in [1.807, 2.05) is 24.3 Å². The summed E-state index contributed by atoms with van der Waals surface area (Å²) in [5, 5.41) is 5.24. The van der Waals surface area contributed by atoms with Crippen LogP contribution in [0.5, 0.6) is 5.75 Å². The van der Waals surface area contributed by atoms with Gasteiger partial charge in [-0.3, -0.25) is 4.98 Å². The Morgan fingerprint density at radius 3 is 2.22 bits per heavy atom. The van der Waals surface area contributed by atoms with E-state index in [0.29, 0.717) is 5.41 Å². The van der Waals surface area contributed by atoms with Gasteiger partial charge in [0.25, 0.3) is 0 Å². The van der Waals surface area contributed by atoms with E-state index < -0.39 is 10.0 Å². The highest BCUT2D eigenvalue weighted by Crippen LogP contribution is 2.57. The summed E-state index contributed by atoms with van der Waals surface area (Å²) >= 11 is 0. The van der Waals surface area contributed by atoms with Gasteiger partial charge in [-0.2, -0.15) is 0 Å². The highest BCUT2D eigenvalue weighted by atomic mass is 32.2. The van der Waals surface area contributed by atoms with E-state index in [1.54, 1.807) is 25.4 Å². The van der Waals surface area contributed by atoms with Crippen molar-refractivity contribution in [2.75, 3.05) is 7.11 Å². The number of aromatic nitrogens is 1. The van der Waals surface area contributed by atoms with Crippen LogP contribution in [0.1, 0.15) is 49.8 Å². The molecule has 0 saturated heterocycles. The molecule has 142 valence electrons. The van der Waals surface area contributed by atoms with E-state index in [9.17, 15) is 8.42 Å². The first-order valence-corrected chi connectivity index (χ1v) is 10.8. The van der Waals surface area contributed by atoms with Crippen LogP contribution in [0.25, 0.3) is 11.1 Å². The largest absolute Gasteiger partial charge is 0.495 e. The lowest BCUT2D eigenvalue weighted by molar-refractivity contribution is 0.329. The van der Waals surface area contributed by atoms with E-state index in [2.05, 4.69) is 4.98 Å². The standard InChI is InChI=1S/C21H24N2O3S/c1-26-16-6-9-20(23-14-16)19-13-21(10-2-3-11-21)12-18(19)15-4-7-17(8-5-15)27(22,24)25/h4-9,14H,2-3,10-13H2,1H3,(H2,22,24,25). The van der Waals surface area contributed by atoms with Gasteiger partial charge in [-0.15, -0.1) is 0 Å². The molecule has 1 fully saturated rings. The summed E-state index contributed by atoms with van der Waals surface area (Å²) < 4.78 is 28.4. The van der Waals surface area contributed by atoms with E-state index in [1.165, 1.54) is 36.8 Å². The number of primary sulfonamides is 1. The minimum absolute atomic E-state index is 0.143. The molecule has 2 aliphatic carbocycles. The molecular formula is C21H24N2O3S. The quantitative estimate of drug-likeness (QED) is 0.864. The molecule has 1 aromatic heterocycles. The minimum atomic E-state index is -3.68. The zero-order valence-electron chi connectivity index (χ0n) is 15.4. The molecule has 2 N–H and O–H groups in total. The van der Waals surface area contributed by atoms with Crippen molar-refractivity contribution in [3.05, 3.63) is 53.9 Å². The van der Waals surface area contributed by atoms with Gasteiger partial charge in [-0.1, -0.05) is 25.0 Å². The fraction of sp³-hybridized carbons (Fsp3) is 0.381. The van der Waals surface area contributed by atoms with E-state index >= 15 is 0 Å². The predicted molar refractivity (Wildman–Crippen MR) is 106 cm³/mol. The summed E-state index contributed by atoms with van der Waals surface area (Å²) in [5.74, 6) is 0.743. The van der Waals surface area contributed by atoms with Crippen LogP contribution in [0.2, 0.25) is 0 Å². The third kappa shape index (κ3) is 3.51. The van der Waals surface area contributed by atoms with Crippen LogP contribution in [0, 0.1) is 5.41 Å². The molecule has 2 aliphatic rings. The molecule has 1 aromatic carbocycles. The molecule has 0 bridgehead atoms. The summed E-state index contributed by atoms with van der Waals surface area (Å²) in [7, 11) is -2.04. The van der Waals surface area contributed by atoms with Gasteiger partial charge in [0.15, 0.2) is 0 Å². The molecule has 2 aromatic rings. The molecule has 6 heteroatoms. The molecule has 27 heavy (non-hydrogen) atoms. The minimum Gasteiger partial charge on any atom is -0.495 e. The van der Waals surface area contributed by atoms with Crippen LogP contribution in [0.4, 0.5) is 0 Å². The molecule has 1 spiro atoms. The lowest BCUT2D eigenvalue weighted by atomic mass is 9.81. The lowest BCUT2D eigenvalue weighted by Gasteiger charge is -2.23. The van der Waals surface area contributed by atoms with E-state index in [0.717, 1.165) is 29.8 Å². The van der Waals surface area contributed by atoms with Gasteiger partial charge in [-0.05, 0) is 72.1 Å². The van der Waals surface area contributed by atoms with Gasteiger partial charge in [0, 0.05) is 0 Å². The number of rotatable bonds is 4. The monoisotopic (exact) mass is 384 g/mol. The van der Waals surface area contributed by atoms with Gasteiger partial charge in [0.2, 0.25) is 10.0 Å². The molecule has 0 aliphatic heterocycles. The molecule has 0 radical (unpaired) electrons. The summed E-state index contributed by atoms with van der Waals surface area (Å²) in [6.07, 6.45) is 8.84. The van der Waals surface area contributed by atoms with Crippen molar-refractivity contribution >= 4 is 21.2 Å². The van der Waals surface area contributed by atoms with Crippen molar-refractivity contribution in [1.82, 2.24) is 4.98 Å². The van der Waals surface area contributed by atoms with Gasteiger partial charge in [0.1, 0.15) is 5.75 Å². The Labute approximate surface area is 160 Å². The SMILES string of the molecule is COc1ccc(C2=C(c3ccc(S(N)(=O)=O)cc3)CC3(CCCC3)C2)nc1. The van der Waals surface area contributed by atoms with Gasteiger partial charge in [-0.25, -0.2) is 13.6 Å². The average molecular weight is 385 g/mol. The second-order valence-corrected chi connectivity index (χ2v) is 9.23. The van der Waals surface area contributed by atoms with Crippen molar-refractivity contribution in [3.63, 3.8) is 0 Å². The fourth-order valence-corrected chi connectivity index (χ4v) is 5.07. The number of pyridine rings is 1. The van der Waals surface area contributed by atoms with Gasteiger partial charge < -0.3 is 4.74 Å². The number of benzene rings is 1. The number of nitrogens with zero attached hydrogens (tertiary/aromatic N) is 1. The number of sulfonamides is 1.